The van der Waals surface area contributed by atoms with Gasteiger partial charge in [0.2, 0.25) is 10.0 Å². The summed E-state index contributed by atoms with van der Waals surface area (Å²) < 4.78 is 40.2. The molecule has 1 heterocycles. The maximum atomic E-state index is 14.1. The molecule has 1 aromatic carbocycles. The van der Waals surface area contributed by atoms with Gasteiger partial charge in [-0.2, -0.15) is 9.57 Å². The van der Waals surface area contributed by atoms with Gasteiger partial charge in [-0.3, -0.25) is 4.79 Å². The van der Waals surface area contributed by atoms with Crippen LogP contribution in [0.5, 0.6) is 0 Å². The SMILES string of the molecule is N#Cc1cc(F)c(S(=O)(=O)N2CCCCC2C(=O)O)cc1Br. The number of aliphatic carboxylic acids is 1. The highest BCUT2D eigenvalue weighted by Crippen LogP contribution is 2.30. The van der Waals surface area contributed by atoms with Crippen LogP contribution in [-0.4, -0.2) is 36.4 Å². The molecule has 0 aromatic heterocycles. The van der Waals surface area contributed by atoms with Gasteiger partial charge >= 0.3 is 5.97 Å². The van der Waals surface area contributed by atoms with Crippen LogP contribution in [0, 0.1) is 17.1 Å². The van der Waals surface area contributed by atoms with Crippen molar-refractivity contribution in [1.82, 2.24) is 4.31 Å². The van der Waals surface area contributed by atoms with E-state index in [1.54, 1.807) is 6.07 Å². The molecule has 1 aliphatic heterocycles. The fourth-order valence-electron chi connectivity index (χ4n) is 2.38. The van der Waals surface area contributed by atoms with Crippen molar-refractivity contribution in [2.45, 2.75) is 30.2 Å². The standard InChI is InChI=1S/C13H12BrFN2O4S/c14-9-6-12(10(15)5-8(9)7-16)22(20,21)17-4-2-1-3-11(17)13(18)19/h5-6,11H,1-4H2,(H,18,19). The van der Waals surface area contributed by atoms with E-state index in [0.29, 0.717) is 12.8 Å². The molecule has 6 nitrogen and oxygen atoms in total. The van der Waals surface area contributed by atoms with Gasteiger partial charge in [0.25, 0.3) is 0 Å². The summed E-state index contributed by atoms with van der Waals surface area (Å²) in [5, 5.41) is 18.0. The molecule has 1 saturated heterocycles. The Bertz CT molecular complexity index is 760. The van der Waals surface area contributed by atoms with Gasteiger partial charge in [0.05, 0.1) is 5.56 Å². The number of sulfonamides is 1. The number of rotatable bonds is 3. The van der Waals surface area contributed by atoms with Gasteiger partial charge in [0.15, 0.2) is 0 Å². The van der Waals surface area contributed by atoms with Crippen LogP contribution >= 0.6 is 15.9 Å². The van der Waals surface area contributed by atoms with Crippen molar-refractivity contribution >= 4 is 31.9 Å². The zero-order valence-corrected chi connectivity index (χ0v) is 13.7. The van der Waals surface area contributed by atoms with E-state index in [2.05, 4.69) is 15.9 Å². The van der Waals surface area contributed by atoms with E-state index in [-0.39, 0.29) is 23.0 Å². The van der Waals surface area contributed by atoms with E-state index in [9.17, 15) is 22.7 Å². The fourth-order valence-corrected chi connectivity index (χ4v) is 4.69. The van der Waals surface area contributed by atoms with Gasteiger partial charge in [-0.15, -0.1) is 0 Å². The number of nitriles is 1. The Kier molecular flexibility index (Phi) is 4.84. The Morgan fingerprint density at radius 3 is 2.73 bits per heavy atom. The number of carboxylic acid groups (broad SMARTS) is 1. The summed E-state index contributed by atoms with van der Waals surface area (Å²) in [6, 6.07) is 2.34. The molecule has 1 N–H and O–H groups in total. The van der Waals surface area contributed by atoms with Gasteiger partial charge in [-0.1, -0.05) is 0 Å². The first-order chi connectivity index (χ1) is 10.3. The Labute approximate surface area is 135 Å². The molecule has 9 heteroatoms. The lowest BCUT2D eigenvalue weighted by atomic mass is 10.1. The molecule has 1 atom stereocenters. The molecule has 2 rings (SSSR count). The van der Waals surface area contributed by atoms with Crippen molar-refractivity contribution in [2.75, 3.05) is 6.54 Å². The summed E-state index contributed by atoms with van der Waals surface area (Å²) in [5.41, 5.74) is -0.0371. The maximum Gasteiger partial charge on any atom is 0.322 e. The second-order valence-corrected chi connectivity index (χ2v) is 7.55. The molecule has 1 aliphatic rings. The Morgan fingerprint density at radius 1 is 1.45 bits per heavy atom. The molecule has 0 radical (unpaired) electrons. The van der Waals surface area contributed by atoms with Crippen molar-refractivity contribution < 1.29 is 22.7 Å². The van der Waals surface area contributed by atoms with Gasteiger partial charge in [-0.05, 0) is 47.3 Å². The van der Waals surface area contributed by atoms with Crippen LogP contribution in [0.1, 0.15) is 24.8 Å². The van der Waals surface area contributed by atoms with Crippen LogP contribution in [0.15, 0.2) is 21.5 Å². The largest absolute Gasteiger partial charge is 0.480 e. The Morgan fingerprint density at radius 2 is 2.14 bits per heavy atom. The summed E-state index contributed by atoms with van der Waals surface area (Å²) >= 11 is 3.01. The van der Waals surface area contributed by atoms with Crippen molar-refractivity contribution in [2.24, 2.45) is 0 Å². The summed E-state index contributed by atoms with van der Waals surface area (Å²) in [5.74, 6) is -2.33. The number of hydrogen-bond acceptors (Lipinski definition) is 4. The highest BCUT2D eigenvalue weighted by atomic mass is 79.9. The van der Waals surface area contributed by atoms with Gasteiger partial charge in [-0.25, -0.2) is 12.8 Å². The molecule has 22 heavy (non-hydrogen) atoms. The first-order valence-electron chi connectivity index (χ1n) is 6.43. The average Bonchev–Trinajstić information content (AvgIpc) is 2.48. The molecule has 118 valence electrons. The van der Waals surface area contributed by atoms with Crippen LogP contribution < -0.4 is 0 Å². The monoisotopic (exact) mass is 390 g/mol. The summed E-state index contributed by atoms with van der Waals surface area (Å²) in [4.78, 5) is 10.6. The minimum absolute atomic E-state index is 0.0242. The predicted molar refractivity (Wildman–Crippen MR) is 78.0 cm³/mol. The third-order valence-electron chi connectivity index (χ3n) is 3.47. The van der Waals surface area contributed by atoms with E-state index in [4.69, 9.17) is 5.26 Å². The third kappa shape index (κ3) is 2.99. The van der Waals surface area contributed by atoms with Crippen LogP contribution in [0.25, 0.3) is 0 Å². The number of nitrogens with zero attached hydrogens (tertiary/aromatic N) is 2. The number of hydrogen-bond donors (Lipinski definition) is 1. The zero-order valence-electron chi connectivity index (χ0n) is 11.3. The van der Waals surface area contributed by atoms with E-state index in [1.807, 2.05) is 0 Å². The first kappa shape index (κ1) is 16.9. The number of carboxylic acids is 1. The topological polar surface area (TPSA) is 98.5 Å². The number of benzene rings is 1. The van der Waals surface area contributed by atoms with Crippen molar-refractivity contribution in [1.29, 1.82) is 5.26 Å². The van der Waals surface area contributed by atoms with Crippen LogP contribution in [0.3, 0.4) is 0 Å². The molecule has 1 aromatic rings. The van der Waals surface area contributed by atoms with Gasteiger partial charge in [0.1, 0.15) is 22.8 Å². The highest BCUT2D eigenvalue weighted by molar-refractivity contribution is 9.10. The summed E-state index contributed by atoms with van der Waals surface area (Å²) in [6.07, 6.45) is 1.30. The van der Waals surface area contributed by atoms with Crippen LogP contribution in [-0.2, 0) is 14.8 Å². The van der Waals surface area contributed by atoms with E-state index in [1.165, 1.54) is 0 Å². The zero-order chi connectivity index (χ0) is 16.5. The minimum atomic E-state index is -4.30. The lowest BCUT2D eigenvalue weighted by Gasteiger charge is -2.32. The lowest BCUT2D eigenvalue weighted by Crippen LogP contribution is -2.48. The minimum Gasteiger partial charge on any atom is -0.480 e. The maximum absolute atomic E-state index is 14.1. The number of piperidine rings is 1. The number of carbonyl (C=O) groups is 1. The van der Waals surface area contributed by atoms with E-state index < -0.39 is 32.7 Å². The molecular formula is C13H12BrFN2O4S. The Hall–Kier alpha value is -1.50. The molecule has 0 spiro atoms. The molecule has 0 amide bonds. The Balaban J connectivity index is 2.52. The predicted octanol–water partition coefficient (Wildman–Crippen LogP) is 2.09. The van der Waals surface area contributed by atoms with Crippen LogP contribution in [0.2, 0.25) is 0 Å². The normalized spacial score (nSPS) is 19.6. The first-order valence-corrected chi connectivity index (χ1v) is 8.66. The van der Waals surface area contributed by atoms with Crippen LogP contribution in [0.4, 0.5) is 4.39 Å². The highest BCUT2D eigenvalue weighted by Gasteiger charge is 2.39. The molecule has 0 aliphatic carbocycles. The van der Waals surface area contributed by atoms with Crippen molar-refractivity contribution in [3.63, 3.8) is 0 Å². The second kappa shape index (κ2) is 6.32. The number of halogens is 2. The second-order valence-electron chi connectivity index (χ2n) is 4.84. The van der Waals surface area contributed by atoms with E-state index >= 15 is 0 Å². The quantitative estimate of drug-likeness (QED) is 0.851. The molecule has 0 bridgehead atoms. The molecule has 0 saturated carbocycles. The van der Waals surface area contributed by atoms with E-state index in [0.717, 1.165) is 16.4 Å². The molecule has 1 unspecified atom stereocenters. The molecule has 1 fully saturated rings. The third-order valence-corrected chi connectivity index (χ3v) is 6.05. The lowest BCUT2D eigenvalue weighted by molar-refractivity contribution is -0.142. The van der Waals surface area contributed by atoms with Gasteiger partial charge in [0, 0.05) is 11.0 Å². The van der Waals surface area contributed by atoms with Crippen molar-refractivity contribution in [3.8, 4) is 6.07 Å². The summed E-state index contributed by atoms with van der Waals surface area (Å²) in [6.45, 7) is 0.0242. The van der Waals surface area contributed by atoms with Crippen molar-refractivity contribution in [3.05, 3.63) is 28.0 Å². The fraction of sp³-hybridized carbons (Fsp3) is 0.385. The average molecular weight is 391 g/mol. The summed E-state index contributed by atoms with van der Waals surface area (Å²) in [7, 11) is -4.30. The van der Waals surface area contributed by atoms with Gasteiger partial charge < -0.3 is 5.11 Å². The smallest absolute Gasteiger partial charge is 0.322 e. The molecular weight excluding hydrogens is 379 g/mol.